The molecular weight excluding hydrogens is 412 g/mol. The van der Waals surface area contributed by atoms with E-state index in [2.05, 4.69) is 16.0 Å². The van der Waals surface area contributed by atoms with Gasteiger partial charge in [0.05, 0.1) is 25.1 Å². The van der Waals surface area contributed by atoms with Gasteiger partial charge in [-0.2, -0.15) is 0 Å². The van der Waals surface area contributed by atoms with Crippen molar-refractivity contribution in [2.45, 2.75) is 32.4 Å². The van der Waals surface area contributed by atoms with Gasteiger partial charge in [0.15, 0.2) is 5.11 Å². The summed E-state index contributed by atoms with van der Waals surface area (Å²) in [6.45, 7) is 4.24. The van der Waals surface area contributed by atoms with Crippen molar-refractivity contribution >= 4 is 34.8 Å². The normalized spacial score (nSPS) is 13.9. The first-order valence-electron chi connectivity index (χ1n) is 10.5. The van der Waals surface area contributed by atoms with Crippen LogP contribution < -0.4 is 20.7 Å². The van der Waals surface area contributed by atoms with Gasteiger partial charge in [-0.1, -0.05) is 24.3 Å². The quantitative estimate of drug-likeness (QED) is 0.555. The number of carbonyl (C=O) groups is 1. The lowest BCUT2D eigenvalue weighted by molar-refractivity contribution is 0.0964. The number of nitrogens with zero attached hydrogens (tertiary/aromatic N) is 1. The summed E-state index contributed by atoms with van der Waals surface area (Å²) in [6.07, 6.45) is 1.43. The van der Waals surface area contributed by atoms with Gasteiger partial charge in [0.2, 0.25) is 0 Å². The minimum Gasteiger partial charge on any atom is -0.497 e. The van der Waals surface area contributed by atoms with E-state index >= 15 is 0 Å². The van der Waals surface area contributed by atoms with Crippen LogP contribution in [-0.4, -0.2) is 49.0 Å². The number of benzene rings is 2. The first kappa shape index (κ1) is 22.7. The number of anilines is 2. The molecule has 0 unspecified atom stereocenters. The van der Waals surface area contributed by atoms with Crippen LogP contribution in [-0.2, 0) is 11.3 Å². The molecule has 0 aliphatic carbocycles. The molecule has 1 heterocycles. The predicted octanol–water partition coefficient (Wildman–Crippen LogP) is 4.21. The molecule has 3 N–H and O–H groups in total. The van der Waals surface area contributed by atoms with Gasteiger partial charge in [0.1, 0.15) is 5.75 Å². The number of amides is 1. The maximum atomic E-state index is 11.8. The predicted molar refractivity (Wildman–Crippen MR) is 128 cm³/mol. The minimum absolute atomic E-state index is 0.227. The fourth-order valence-corrected chi connectivity index (χ4v) is 3.73. The first-order valence-corrected chi connectivity index (χ1v) is 10.9. The van der Waals surface area contributed by atoms with Crippen molar-refractivity contribution < 1.29 is 14.3 Å². The molecular formula is C23H30N4O3S. The second kappa shape index (κ2) is 11.4. The third kappa shape index (κ3) is 6.75. The molecule has 2 aromatic rings. The smallest absolute Gasteiger partial charge is 0.409 e. The average molecular weight is 443 g/mol. The van der Waals surface area contributed by atoms with Crippen LogP contribution in [0.25, 0.3) is 0 Å². The van der Waals surface area contributed by atoms with E-state index in [0.29, 0.717) is 31.4 Å². The number of hydrogen-bond acceptors (Lipinski definition) is 5. The Morgan fingerprint density at radius 3 is 2.42 bits per heavy atom. The molecule has 1 aliphatic rings. The van der Waals surface area contributed by atoms with Gasteiger partial charge in [-0.25, -0.2) is 4.79 Å². The van der Waals surface area contributed by atoms with Gasteiger partial charge in [0.25, 0.3) is 0 Å². The Morgan fingerprint density at radius 1 is 1.10 bits per heavy atom. The van der Waals surface area contributed by atoms with E-state index in [1.54, 1.807) is 12.0 Å². The van der Waals surface area contributed by atoms with Crippen LogP contribution in [0.15, 0.2) is 48.5 Å². The number of methoxy groups -OCH3 is 1. The van der Waals surface area contributed by atoms with E-state index in [-0.39, 0.29) is 12.1 Å². The molecule has 0 atom stereocenters. The second-order valence-corrected chi connectivity index (χ2v) is 7.71. The number of ether oxygens (including phenoxy) is 2. The zero-order valence-corrected chi connectivity index (χ0v) is 18.8. The topological polar surface area (TPSA) is 74.9 Å². The van der Waals surface area contributed by atoms with Gasteiger partial charge in [-0.3, -0.25) is 0 Å². The third-order valence-electron chi connectivity index (χ3n) is 5.17. The molecule has 1 saturated heterocycles. The van der Waals surface area contributed by atoms with Crippen LogP contribution in [0.2, 0.25) is 0 Å². The number of likely N-dealkylation sites (tertiary alicyclic amines) is 1. The van der Waals surface area contributed by atoms with Crippen molar-refractivity contribution in [3.63, 3.8) is 0 Å². The number of thiocarbonyl (C=S) groups is 1. The number of nitrogens with one attached hydrogen (secondary N) is 3. The molecule has 0 spiro atoms. The monoisotopic (exact) mass is 442 g/mol. The van der Waals surface area contributed by atoms with E-state index in [0.717, 1.165) is 35.5 Å². The van der Waals surface area contributed by atoms with Crippen molar-refractivity contribution in [3.05, 3.63) is 54.1 Å². The van der Waals surface area contributed by atoms with Crippen molar-refractivity contribution in [3.8, 4) is 5.75 Å². The molecule has 2 aromatic carbocycles. The minimum atomic E-state index is -0.237. The van der Waals surface area contributed by atoms with Crippen LogP contribution in [0, 0.1) is 0 Å². The molecule has 8 heteroatoms. The SMILES string of the molecule is CCOC(=O)N1CCC(NC(=S)Nc2ccccc2NCc2ccc(OC)cc2)CC1. The summed E-state index contributed by atoms with van der Waals surface area (Å²) >= 11 is 5.54. The number of hydrogen-bond donors (Lipinski definition) is 3. The van der Waals surface area contributed by atoms with E-state index in [4.69, 9.17) is 21.7 Å². The highest BCUT2D eigenvalue weighted by Gasteiger charge is 2.24. The fraction of sp³-hybridized carbons (Fsp3) is 0.391. The summed E-state index contributed by atoms with van der Waals surface area (Å²) in [6, 6.07) is 16.2. The summed E-state index contributed by atoms with van der Waals surface area (Å²) < 4.78 is 10.3. The van der Waals surface area contributed by atoms with Crippen LogP contribution in [0.4, 0.5) is 16.2 Å². The van der Waals surface area contributed by atoms with Crippen molar-refractivity contribution in [2.24, 2.45) is 0 Å². The van der Waals surface area contributed by atoms with Crippen molar-refractivity contribution in [1.29, 1.82) is 0 Å². The lowest BCUT2D eigenvalue weighted by Gasteiger charge is -2.32. The van der Waals surface area contributed by atoms with E-state index in [1.165, 1.54) is 0 Å². The molecule has 0 aromatic heterocycles. The standard InChI is InChI=1S/C23H30N4O3S/c1-3-30-23(28)27-14-12-18(13-15-27)25-22(31)26-21-7-5-4-6-20(21)24-16-17-8-10-19(29-2)11-9-17/h4-11,18,24H,3,12-16H2,1-2H3,(H2,25,26,31). The molecule has 3 rings (SSSR count). The van der Waals surface area contributed by atoms with Crippen LogP contribution >= 0.6 is 12.2 Å². The van der Waals surface area contributed by atoms with Crippen LogP contribution in [0.5, 0.6) is 5.75 Å². The summed E-state index contributed by atoms with van der Waals surface area (Å²) in [5.41, 5.74) is 3.04. The highest BCUT2D eigenvalue weighted by molar-refractivity contribution is 7.80. The Bertz CT molecular complexity index is 867. The first-order chi connectivity index (χ1) is 15.1. The van der Waals surface area contributed by atoms with Gasteiger partial charge in [-0.15, -0.1) is 0 Å². The summed E-state index contributed by atoms with van der Waals surface area (Å²) in [4.78, 5) is 13.6. The molecule has 1 aliphatic heterocycles. The highest BCUT2D eigenvalue weighted by atomic mass is 32.1. The molecule has 0 saturated carbocycles. The lowest BCUT2D eigenvalue weighted by Crippen LogP contribution is -2.47. The van der Waals surface area contributed by atoms with E-state index in [1.807, 2.05) is 55.5 Å². The van der Waals surface area contributed by atoms with Gasteiger partial charge >= 0.3 is 6.09 Å². The maximum absolute atomic E-state index is 11.8. The molecule has 1 fully saturated rings. The number of carbonyl (C=O) groups excluding carboxylic acids is 1. The molecule has 0 radical (unpaired) electrons. The molecule has 166 valence electrons. The van der Waals surface area contributed by atoms with Crippen molar-refractivity contribution in [2.75, 3.05) is 37.4 Å². The number of piperidine rings is 1. The van der Waals surface area contributed by atoms with E-state index in [9.17, 15) is 4.79 Å². The lowest BCUT2D eigenvalue weighted by atomic mass is 10.1. The zero-order chi connectivity index (χ0) is 22.1. The highest BCUT2D eigenvalue weighted by Crippen LogP contribution is 2.22. The molecule has 31 heavy (non-hydrogen) atoms. The fourth-order valence-electron chi connectivity index (χ4n) is 3.45. The Morgan fingerprint density at radius 2 is 1.77 bits per heavy atom. The van der Waals surface area contributed by atoms with Crippen LogP contribution in [0.1, 0.15) is 25.3 Å². The Labute approximate surface area is 189 Å². The summed E-state index contributed by atoms with van der Waals surface area (Å²) in [7, 11) is 1.66. The maximum Gasteiger partial charge on any atom is 0.409 e. The Balaban J connectivity index is 1.49. The average Bonchev–Trinajstić information content (AvgIpc) is 2.79. The third-order valence-corrected chi connectivity index (χ3v) is 5.39. The van der Waals surface area contributed by atoms with Gasteiger partial charge in [0, 0.05) is 25.7 Å². The number of rotatable bonds is 7. The van der Waals surface area contributed by atoms with Crippen molar-refractivity contribution in [1.82, 2.24) is 10.2 Å². The van der Waals surface area contributed by atoms with Gasteiger partial charge in [-0.05, 0) is 61.8 Å². The molecule has 1 amide bonds. The zero-order valence-electron chi connectivity index (χ0n) is 18.0. The van der Waals surface area contributed by atoms with Gasteiger partial charge < -0.3 is 30.3 Å². The summed E-state index contributed by atoms with van der Waals surface area (Å²) in [5.74, 6) is 0.843. The largest absolute Gasteiger partial charge is 0.497 e. The van der Waals surface area contributed by atoms with E-state index < -0.39 is 0 Å². The Kier molecular flexibility index (Phi) is 8.35. The number of para-hydroxylation sites is 2. The second-order valence-electron chi connectivity index (χ2n) is 7.31. The summed E-state index contributed by atoms with van der Waals surface area (Å²) in [5, 5.41) is 10.7. The van der Waals surface area contributed by atoms with Crippen LogP contribution in [0.3, 0.4) is 0 Å². The molecule has 7 nitrogen and oxygen atoms in total. The Hall–Kier alpha value is -3.00. The molecule has 0 bridgehead atoms.